The molecular formula is C33H42N3O5P. The molecule has 9 heteroatoms. The molecule has 0 aliphatic heterocycles. The molecule has 0 fully saturated rings. The Hall–Kier alpha value is -3.74. The van der Waals surface area contributed by atoms with Gasteiger partial charge in [-0.2, -0.15) is 0 Å². The molecule has 3 aromatic rings. The van der Waals surface area contributed by atoms with Crippen LogP contribution in [0, 0.1) is 6.92 Å². The predicted molar refractivity (Wildman–Crippen MR) is 168 cm³/mol. The maximum absolute atomic E-state index is 13.6. The van der Waals surface area contributed by atoms with Gasteiger partial charge in [0, 0.05) is 48.9 Å². The molecule has 0 saturated carbocycles. The molecule has 8 nitrogen and oxygen atoms in total. The summed E-state index contributed by atoms with van der Waals surface area (Å²) in [6.07, 6.45) is 1.92. The fourth-order valence-corrected chi connectivity index (χ4v) is 6.48. The number of hydrogen-bond donors (Lipinski definition) is 3. The Kier molecular flexibility index (Phi) is 12.5. The Morgan fingerprint density at radius 1 is 0.881 bits per heavy atom. The number of anilines is 1. The van der Waals surface area contributed by atoms with Crippen LogP contribution >= 0.6 is 7.37 Å². The molecule has 42 heavy (non-hydrogen) atoms. The molecule has 2 atom stereocenters. The van der Waals surface area contributed by atoms with Crippen LogP contribution in [0.15, 0.2) is 78.9 Å². The summed E-state index contributed by atoms with van der Waals surface area (Å²) in [5.74, 6) is -1.99. The smallest absolute Gasteiger partial charge is 0.253 e. The van der Waals surface area contributed by atoms with Crippen molar-refractivity contribution in [3.8, 4) is 0 Å². The minimum absolute atomic E-state index is 0.0705. The minimum Gasteiger partial charge on any atom is -0.343 e. The average molecular weight is 592 g/mol. The third-order valence-electron chi connectivity index (χ3n) is 7.00. The Balaban J connectivity index is 1.73. The summed E-state index contributed by atoms with van der Waals surface area (Å²) in [6.45, 7) is 7.16. The number of hydrogen-bond acceptors (Lipinski definition) is 4. The Bertz CT molecular complexity index is 1390. The molecule has 3 amide bonds. The first kappa shape index (κ1) is 32.8. The summed E-state index contributed by atoms with van der Waals surface area (Å²) in [6, 6.07) is 23.1. The van der Waals surface area contributed by atoms with Crippen molar-refractivity contribution in [2.24, 2.45) is 0 Å². The van der Waals surface area contributed by atoms with E-state index in [4.69, 9.17) is 0 Å². The molecule has 1 unspecified atom stereocenters. The largest absolute Gasteiger partial charge is 0.343 e. The summed E-state index contributed by atoms with van der Waals surface area (Å²) in [4.78, 5) is 51.9. The lowest BCUT2D eigenvalue weighted by atomic mass is 10.1. The molecular weight excluding hydrogens is 549 g/mol. The van der Waals surface area contributed by atoms with Gasteiger partial charge in [-0.15, -0.1) is 0 Å². The highest BCUT2D eigenvalue weighted by atomic mass is 31.2. The second kappa shape index (κ2) is 16.0. The Morgan fingerprint density at radius 2 is 1.52 bits per heavy atom. The summed E-state index contributed by atoms with van der Waals surface area (Å²) in [5, 5.41) is 5.62. The fraction of sp³-hybridized carbons (Fsp3) is 0.364. The van der Waals surface area contributed by atoms with Crippen LogP contribution in [-0.2, 0) is 15.8 Å². The summed E-state index contributed by atoms with van der Waals surface area (Å²) >= 11 is 0. The number of carbonyl (C=O) groups is 3. The lowest BCUT2D eigenvalue weighted by Crippen LogP contribution is -2.37. The Labute approximate surface area is 249 Å². The summed E-state index contributed by atoms with van der Waals surface area (Å²) in [5.41, 5.74) is 3.07. The van der Waals surface area contributed by atoms with Crippen LogP contribution in [0.2, 0.25) is 0 Å². The topological polar surface area (TPSA) is 116 Å². The number of nitrogens with zero attached hydrogens (tertiary/aromatic N) is 1. The molecule has 0 heterocycles. The highest BCUT2D eigenvalue weighted by Crippen LogP contribution is 2.47. The van der Waals surface area contributed by atoms with Gasteiger partial charge in [0.15, 0.2) is 0 Å². The third-order valence-corrected chi connectivity index (χ3v) is 9.25. The number of carbonyl (C=O) groups excluding carboxylic acids is 3. The molecule has 0 aliphatic carbocycles. The van der Waals surface area contributed by atoms with Crippen molar-refractivity contribution < 1.29 is 23.8 Å². The van der Waals surface area contributed by atoms with Crippen LogP contribution in [0.4, 0.5) is 5.69 Å². The second-order valence-corrected chi connectivity index (χ2v) is 13.1. The van der Waals surface area contributed by atoms with Crippen LogP contribution in [0.25, 0.3) is 0 Å². The maximum Gasteiger partial charge on any atom is 0.253 e. The highest BCUT2D eigenvalue weighted by Gasteiger charge is 2.32. The standard InChI is InChI=1S/C33H42N3O5P/c1-4-20-36(21-5-2)33(39)28-17-11-16-27(24-28)32(38)35-31(23-26-14-7-6-8-15-26)42(40,41)22-12-19-30(37)34-29-18-10-9-13-25(29)3/h6-11,13-18,24,31H,4-5,12,19-23H2,1-3H3,(H,34,37)(H,35,38)(H,40,41)/t31-/m1/s1. The maximum atomic E-state index is 13.6. The van der Waals surface area contributed by atoms with Crippen LogP contribution in [0.5, 0.6) is 0 Å². The number of aryl methyl sites for hydroxylation is 1. The third kappa shape index (κ3) is 9.68. The van der Waals surface area contributed by atoms with E-state index in [0.29, 0.717) is 24.3 Å². The van der Waals surface area contributed by atoms with Gasteiger partial charge in [-0.1, -0.05) is 68.4 Å². The quantitative estimate of drug-likeness (QED) is 0.181. The first-order chi connectivity index (χ1) is 20.1. The van der Waals surface area contributed by atoms with E-state index in [1.807, 2.05) is 75.4 Å². The van der Waals surface area contributed by atoms with E-state index in [0.717, 1.165) is 24.0 Å². The van der Waals surface area contributed by atoms with E-state index >= 15 is 0 Å². The molecule has 0 aliphatic rings. The van der Waals surface area contributed by atoms with Gasteiger partial charge in [0.25, 0.3) is 11.8 Å². The number of amides is 3. The second-order valence-electron chi connectivity index (χ2n) is 10.5. The Morgan fingerprint density at radius 3 is 2.19 bits per heavy atom. The van der Waals surface area contributed by atoms with Crippen molar-refractivity contribution in [3.05, 3.63) is 101 Å². The molecule has 3 rings (SSSR count). The van der Waals surface area contributed by atoms with Gasteiger partial charge >= 0.3 is 0 Å². The van der Waals surface area contributed by atoms with Crippen LogP contribution in [-0.4, -0.2) is 52.5 Å². The summed E-state index contributed by atoms with van der Waals surface area (Å²) < 4.78 is 13.6. The zero-order valence-electron chi connectivity index (χ0n) is 24.7. The van der Waals surface area contributed by atoms with Crippen molar-refractivity contribution >= 4 is 30.8 Å². The number of benzene rings is 3. The van der Waals surface area contributed by atoms with Crippen molar-refractivity contribution in [1.29, 1.82) is 0 Å². The van der Waals surface area contributed by atoms with Crippen molar-refractivity contribution in [2.75, 3.05) is 24.6 Å². The van der Waals surface area contributed by atoms with Gasteiger partial charge in [-0.3, -0.25) is 18.9 Å². The molecule has 0 radical (unpaired) electrons. The number of rotatable bonds is 15. The molecule has 224 valence electrons. The van der Waals surface area contributed by atoms with Crippen LogP contribution in [0.3, 0.4) is 0 Å². The van der Waals surface area contributed by atoms with E-state index in [1.165, 1.54) is 6.07 Å². The molecule has 0 saturated heterocycles. The molecule has 3 N–H and O–H groups in total. The number of nitrogens with one attached hydrogen (secondary N) is 2. The fourth-order valence-electron chi connectivity index (χ4n) is 4.75. The van der Waals surface area contributed by atoms with E-state index in [1.54, 1.807) is 23.1 Å². The highest BCUT2D eigenvalue weighted by molar-refractivity contribution is 7.58. The van der Waals surface area contributed by atoms with E-state index in [-0.39, 0.29) is 42.8 Å². The van der Waals surface area contributed by atoms with Crippen molar-refractivity contribution in [3.63, 3.8) is 0 Å². The molecule has 0 aromatic heterocycles. The zero-order chi connectivity index (χ0) is 30.5. The number of para-hydroxylation sites is 1. The van der Waals surface area contributed by atoms with Crippen LogP contribution < -0.4 is 10.6 Å². The normalized spacial score (nSPS) is 13.0. The molecule has 3 aromatic carbocycles. The van der Waals surface area contributed by atoms with Gasteiger partial charge in [-0.05, 0) is 61.6 Å². The lowest BCUT2D eigenvalue weighted by molar-refractivity contribution is -0.116. The lowest BCUT2D eigenvalue weighted by Gasteiger charge is -2.25. The molecule has 0 bridgehead atoms. The van der Waals surface area contributed by atoms with E-state index < -0.39 is 19.1 Å². The first-order valence-corrected chi connectivity index (χ1v) is 16.5. The van der Waals surface area contributed by atoms with Gasteiger partial charge in [0.1, 0.15) is 5.78 Å². The minimum atomic E-state index is -3.94. The van der Waals surface area contributed by atoms with Crippen LogP contribution in [0.1, 0.15) is 71.4 Å². The summed E-state index contributed by atoms with van der Waals surface area (Å²) in [7, 11) is -3.94. The van der Waals surface area contributed by atoms with Gasteiger partial charge in [-0.25, -0.2) is 0 Å². The average Bonchev–Trinajstić information content (AvgIpc) is 2.98. The van der Waals surface area contributed by atoms with E-state index in [9.17, 15) is 23.8 Å². The van der Waals surface area contributed by atoms with Crippen molar-refractivity contribution in [1.82, 2.24) is 10.2 Å². The zero-order valence-corrected chi connectivity index (χ0v) is 25.6. The monoisotopic (exact) mass is 591 g/mol. The van der Waals surface area contributed by atoms with Crippen molar-refractivity contribution in [2.45, 2.75) is 58.7 Å². The van der Waals surface area contributed by atoms with Gasteiger partial charge < -0.3 is 20.4 Å². The first-order valence-electron chi connectivity index (χ1n) is 14.6. The SMILES string of the molecule is CCCN(CCC)C(=O)c1cccc(C(=O)N[C@@H](Cc2ccccc2)P(=O)(O)CCCC(=O)Nc2ccccc2C)c1. The van der Waals surface area contributed by atoms with Gasteiger partial charge in [0.05, 0.1) is 0 Å². The van der Waals surface area contributed by atoms with Gasteiger partial charge in [0.2, 0.25) is 13.3 Å². The van der Waals surface area contributed by atoms with E-state index in [2.05, 4.69) is 10.6 Å². The molecule has 0 spiro atoms. The predicted octanol–water partition coefficient (Wildman–Crippen LogP) is 6.25.